The van der Waals surface area contributed by atoms with Crippen molar-refractivity contribution in [3.05, 3.63) is 0 Å². The van der Waals surface area contributed by atoms with E-state index in [1.807, 2.05) is 0 Å². The van der Waals surface area contributed by atoms with Crippen molar-refractivity contribution in [1.82, 2.24) is 10.2 Å². The molecule has 0 aromatic heterocycles. The number of nitrogens with zero attached hydrogens (tertiary/aromatic N) is 1. The van der Waals surface area contributed by atoms with Crippen molar-refractivity contribution in [2.75, 3.05) is 32.8 Å². The SMILES string of the molecule is CC(C)CCOCCN1CC(C(C)C)NCC1C(C)(C)C. The second-order valence-corrected chi connectivity index (χ2v) is 8.43. The van der Waals surface area contributed by atoms with E-state index < -0.39 is 0 Å². The van der Waals surface area contributed by atoms with Gasteiger partial charge in [-0.05, 0) is 23.7 Å². The smallest absolute Gasteiger partial charge is 0.0593 e. The molecule has 0 aromatic carbocycles. The Morgan fingerprint density at radius 1 is 1.14 bits per heavy atom. The lowest BCUT2D eigenvalue weighted by atomic mass is 9.83. The minimum Gasteiger partial charge on any atom is -0.380 e. The molecule has 126 valence electrons. The summed E-state index contributed by atoms with van der Waals surface area (Å²) < 4.78 is 5.84. The van der Waals surface area contributed by atoms with Crippen molar-refractivity contribution in [2.24, 2.45) is 17.3 Å². The van der Waals surface area contributed by atoms with Gasteiger partial charge in [-0.2, -0.15) is 0 Å². The lowest BCUT2D eigenvalue weighted by Crippen LogP contribution is -2.62. The van der Waals surface area contributed by atoms with Crippen molar-refractivity contribution < 1.29 is 4.74 Å². The van der Waals surface area contributed by atoms with Crippen molar-refractivity contribution in [3.8, 4) is 0 Å². The van der Waals surface area contributed by atoms with Gasteiger partial charge in [-0.1, -0.05) is 48.5 Å². The summed E-state index contributed by atoms with van der Waals surface area (Å²) >= 11 is 0. The van der Waals surface area contributed by atoms with Gasteiger partial charge in [-0.3, -0.25) is 4.90 Å². The highest BCUT2D eigenvalue weighted by Gasteiger charge is 2.35. The van der Waals surface area contributed by atoms with E-state index in [9.17, 15) is 0 Å². The Morgan fingerprint density at radius 3 is 2.33 bits per heavy atom. The Morgan fingerprint density at radius 2 is 1.81 bits per heavy atom. The zero-order valence-corrected chi connectivity index (χ0v) is 15.4. The van der Waals surface area contributed by atoms with Gasteiger partial charge in [0.2, 0.25) is 0 Å². The third-order valence-corrected chi connectivity index (χ3v) is 4.61. The molecule has 0 saturated carbocycles. The van der Waals surface area contributed by atoms with Gasteiger partial charge in [0.15, 0.2) is 0 Å². The quantitative estimate of drug-likeness (QED) is 0.729. The summed E-state index contributed by atoms with van der Waals surface area (Å²) in [4.78, 5) is 2.65. The van der Waals surface area contributed by atoms with E-state index in [-0.39, 0.29) is 0 Å². The molecule has 1 heterocycles. The van der Waals surface area contributed by atoms with Crippen LogP contribution < -0.4 is 5.32 Å². The fourth-order valence-corrected chi connectivity index (χ4v) is 2.99. The van der Waals surface area contributed by atoms with Gasteiger partial charge in [0, 0.05) is 38.3 Å². The Kier molecular flexibility index (Phi) is 7.66. The highest BCUT2D eigenvalue weighted by molar-refractivity contribution is 4.93. The zero-order chi connectivity index (χ0) is 16.0. The van der Waals surface area contributed by atoms with Crippen LogP contribution in [-0.4, -0.2) is 49.8 Å². The number of rotatable bonds is 7. The molecule has 1 rings (SSSR count). The minimum absolute atomic E-state index is 0.312. The van der Waals surface area contributed by atoms with E-state index in [2.05, 4.69) is 58.7 Å². The molecule has 0 aliphatic carbocycles. The lowest BCUT2D eigenvalue weighted by Gasteiger charge is -2.47. The summed E-state index contributed by atoms with van der Waals surface area (Å²) in [7, 11) is 0. The summed E-state index contributed by atoms with van der Waals surface area (Å²) in [6, 6.07) is 1.21. The van der Waals surface area contributed by atoms with Gasteiger partial charge in [0.05, 0.1) is 6.61 Å². The molecular weight excluding hydrogens is 260 g/mol. The first-order valence-electron chi connectivity index (χ1n) is 8.77. The Bertz CT molecular complexity index is 283. The normalized spacial score (nSPS) is 25.0. The number of hydrogen-bond acceptors (Lipinski definition) is 3. The third kappa shape index (κ3) is 6.66. The molecule has 3 heteroatoms. The van der Waals surface area contributed by atoms with Gasteiger partial charge in [0.25, 0.3) is 0 Å². The highest BCUT2D eigenvalue weighted by atomic mass is 16.5. The molecule has 1 aliphatic rings. The van der Waals surface area contributed by atoms with E-state index in [1.165, 1.54) is 6.42 Å². The van der Waals surface area contributed by atoms with Crippen molar-refractivity contribution >= 4 is 0 Å². The van der Waals surface area contributed by atoms with Gasteiger partial charge in [0.1, 0.15) is 0 Å². The molecule has 0 radical (unpaired) electrons. The molecule has 3 nitrogen and oxygen atoms in total. The molecule has 21 heavy (non-hydrogen) atoms. The van der Waals surface area contributed by atoms with Crippen LogP contribution in [0.2, 0.25) is 0 Å². The Labute approximate surface area is 132 Å². The number of nitrogens with one attached hydrogen (secondary N) is 1. The van der Waals surface area contributed by atoms with Crippen molar-refractivity contribution in [1.29, 1.82) is 0 Å². The fourth-order valence-electron chi connectivity index (χ4n) is 2.99. The summed E-state index contributed by atoms with van der Waals surface area (Å²) in [5.74, 6) is 1.42. The molecule has 1 N–H and O–H groups in total. The summed E-state index contributed by atoms with van der Waals surface area (Å²) in [5, 5.41) is 3.74. The van der Waals surface area contributed by atoms with E-state index in [4.69, 9.17) is 4.74 Å². The molecule has 1 aliphatic heterocycles. The number of hydrogen-bond donors (Lipinski definition) is 1. The molecule has 1 saturated heterocycles. The van der Waals surface area contributed by atoms with Gasteiger partial charge >= 0.3 is 0 Å². The topological polar surface area (TPSA) is 24.5 Å². The standard InChI is InChI=1S/C18H38N2O/c1-14(2)8-10-21-11-9-20-13-16(15(3)4)19-12-17(20)18(5,6)7/h14-17,19H,8-13H2,1-7H3. The fraction of sp³-hybridized carbons (Fsp3) is 1.00. The maximum Gasteiger partial charge on any atom is 0.0593 e. The molecule has 0 bridgehead atoms. The van der Waals surface area contributed by atoms with Crippen molar-refractivity contribution in [3.63, 3.8) is 0 Å². The Hall–Kier alpha value is -0.120. The first-order chi connectivity index (χ1) is 9.71. The van der Waals surface area contributed by atoms with E-state index in [0.29, 0.717) is 23.4 Å². The molecular formula is C18H38N2O. The Balaban J connectivity index is 2.46. The first-order valence-corrected chi connectivity index (χ1v) is 8.77. The number of piperazine rings is 1. The predicted octanol–water partition coefficient (Wildman–Crippen LogP) is 3.39. The van der Waals surface area contributed by atoms with Crippen LogP contribution in [0.5, 0.6) is 0 Å². The second kappa shape index (κ2) is 8.50. The van der Waals surface area contributed by atoms with Crippen LogP contribution in [0.25, 0.3) is 0 Å². The van der Waals surface area contributed by atoms with Crippen LogP contribution in [0, 0.1) is 17.3 Å². The van der Waals surface area contributed by atoms with Crippen LogP contribution in [-0.2, 0) is 4.74 Å². The zero-order valence-electron chi connectivity index (χ0n) is 15.4. The number of ether oxygens (including phenoxy) is 1. The van der Waals surface area contributed by atoms with Gasteiger partial charge in [-0.15, -0.1) is 0 Å². The molecule has 0 spiro atoms. The first kappa shape index (κ1) is 18.9. The van der Waals surface area contributed by atoms with Crippen molar-refractivity contribution in [2.45, 2.75) is 67.0 Å². The van der Waals surface area contributed by atoms with Crippen LogP contribution in [0.3, 0.4) is 0 Å². The van der Waals surface area contributed by atoms with E-state index in [1.54, 1.807) is 0 Å². The summed E-state index contributed by atoms with van der Waals surface area (Å²) in [6.45, 7) is 21.2. The predicted molar refractivity (Wildman–Crippen MR) is 91.7 cm³/mol. The largest absolute Gasteiger partial charge is 0.380 e. The maximum atomic E-state index is 5.84. The monoisotopic (exact) mass is 298 g/mol. The van der Waals surface area contributed by atoms with E-state index >= 15 is 0 Å². The molecule has 2 atom stereocenters. The van der Waals surface area contributed by atoms with Gasteiger partial charge in [-0.25, -0.2) is 0 Å². The molecule has 0 aromatic rings. The highest BCUT2D eigenvalue weighted by Crippen LogP contribution is 2.27. The molecule has 0 amide bonds. The van der Waals surface area contributed by atoms with Crippen LogP contribution in [0.15, 0.2) is 0 Å². The maximum absolute atomic E-state index is 5.84. The van der Waals surface area contributed by atoms with E-state index in [0.717, 1.165) is 38.8 Å². The van der Waals surface area contributed by atoms with Crippen LogP contribution >= 0.6 is 0 Å². The third-order valence-electron chi connectivity index (χ3n) is 4.61. The average Bonchev–Trinajstić information content (AvgIpc) is 2.36. The average molecular weight is 299 g/mol. The molecule has 1 fully saturated rings. The van der Waals surface area contributed by atoms with Crippen LogP contribution in [0.1, 0.15) is 54.9 Å². The summed E-state index contributed by atoms with van der Waals surface area (Å²) in [5.41, 5.74) is 0.312. The minimum atomic E-state index is 0.312. The van der Waals surface area contributed by atoms with Gasteiger partial charge < -0.3 is 10.1 Å². The van der Waals surface area contributed by atoms with Crippen LogP contribution in [0.4, 0.5) is 0 Å². The lowest BCUT2D eigenvalue weighted by molar-refractivity contribution is 0.0171. The summed E-state index contributed by atoms with van der Waals surface area (Å²) in [6.07, 6.45) is 1.17. The second-order valence-electron chi connectivity index (χ2n) is 8.43. The molecule has 2 unspecified atom stereocenters.